The Morgan fingerprint density at radius 2 is 2.37 bits per heavy atom. The lowest BCUT2D eigenvalue weighted by Gasteiger charge is -2.32. The molecule has 2 fully saturated rings. The molecule has 0 radical (unpaired) electrons. The van der Waals surface area contributed by atoms with Crippen molar-refractivity contribution in [3.63, 3.8) is 0 Å². The number of aromatic nitrogens is 1. The van der Waals surface area contributed by atoms with Gasteiger partial charge in [-0.1, -0.05) is 0 Å². The van der Waals surface area contributed by atoms with Gasteiger partial charge in [-0.3, -0.25) is 10.1 Å². The van der Waals surface area contributed by atoms with Crippen LogP contribution in [0.2, 0.25) is 0 Å². The SMILES string of the molecule is O=[N+]([O-])c1cnc(N2CCC[C@H](OCC3CC3)C2)s1. The van der Waals surface area contributed by atoms with Crippen LogP contribution in [0.3, 0.4) is 0 Å². The third kappa shape index (κ3) is 3.22. The summed E-state index contributed by atoms with van der Waals surface area (Å²) >= 11 is 1.15. The average Bonchev–Trinajstić information content (AvgIpc) is 3.10. The van der Waals surface area contributed by atoms with Crippen LogP contribution in [-0.4, -0.2) is 35.7 Å². The van der Waals surface area contributed by atoms with Crippen LogP contribution in [0.15, 0.2) is 6.20 Å². The zero-order valence-corrected chi connectivity index (χ0v) is 11.5. The van der Waals surface area contributed by atoms with Gasteiger partial charge in [0.25, 0.3) is 0 Å². The molecule has 1 aliphatic heterocycles. The van der Waals surface area contributed by atoms with Gasteiger partial charge in [-0.05, 0) is 42.9 Å². The van der Waals surface area contributed by atoms with Crippen LogP contribution < -0.4 is 4.90 Å². The lowest BCUT2D eigenvalue weighted by molar-refractivity contribution is -0.380. The lowest BCUT2D eigenvalue weighted by Crippen LogP contribution is -2.39. The van der Waals surface area contributed by atoms with Gasteiger partial charge in [0.05, 0.1) is 11.0 Å². The Balaban J connectivity index is 1.58. The second kappa shape index (κ2) is 5.42. The number of hydrogen-bond acceptors (Lipinski definition) is 6. The highest BCUT2D eigenvalue weighted by atomic mass is 32.1. The third-order valence-corrected chi connectivity index (χ3v) is 4.58. The Kier molecular flexibility index (Phi) is 3.65. The van der Waals surface area contributed by atoms with Crippen molar-refractivity contribution in [2.75, 3.05) is 24.6 Å². The summed E-state index contributed by atoms with van der Waals surface area (Å²) in [6, 6.07) is 0. The molecule has 1 saturated carbocycles. The molecule has 0 bridgehead atoms. The molecule has 104 valence electrons. The van der Waals surface area contributed by atoms with Crippen molar-refractivity contribution in [2.24, 2.45) is 5.92 Å². The van der Waals surface area contributed by atoms with E-state index in [-0.39, 0.29) is 16.0 Å². The Bertz CT molecular complexity index is 461. The van der Waals surface area contributed by atoms with Crippen molar-refractivity contribution >= 4 is 21.5 Å². The standard InChI is InChI=1S/C12H17N3O3S/c16-15(17)11-6-13-12(19-11)14-5-1-2-10(7-14)18-8-9-3-4-9/h6,9-10H,1-5,7-8H2/t10-/m0/s1. The van der Waals surface area contributed by atoms with Crippen molar-refractivity contribution in [3.05, 3.63) is 16.3 Å². The first-order valence-corrected chi connectivity index (χ1v) is 7.51. The molecule has 19 heavy (non-hydrogen) atoms. The van der Waals surface area contributed by atoms with E-state index in [0.29, 0.717) is 0 Å². The summed E-state index contributed by atoms with van der Waals surface area (Å²) < 4.78 is 5.91. The molecule has 3 rings (SSSR count). The molecular weight excluding hydrogens is 266 g/mol. The normalized spacial score (nSPS) is 23.6. The van der Waals surface area contributed by atoms with E-state index in [1.54, 1.807) is 0 Å². The number of thiazole rings is 1. The molecule has 2 heterocycles. The molecule has 1 aromatic heterocycles. The zero-order valence-electron chi connectivity index (χ0n) is 10.7. The molecule has 1 aliphatic carbocycles. The van der Waals surface area contributed by atoms with E-state index < -0.39 is 0 Å². The second-order valence-corrected chi connectivity index (χ2v) is 6.21. The molecule has 0 N–H and O–H groups in total. The van der Waals surface area contributed by atoms with Gasteiger partial charge in [0, 0.05) is 19.7 Å². The van der Waals surface area contributed by atoms with E-state index in [9.17, 15) is 10.1 Å². The van der Waals surface area contributed by atoms with Crippen LogP contribution in [0.5, 0.6) is 0 Å². The monoisotopic (exact) mass is 283 g/mol. The van der Waals surface area contributed by atoms with Crippen LogP contribution in [-0.2, 0) is 4.74 Å². The summed E-state index contributed by atoms with van der Waals surface area (Å²) in [4.78, 5) is 16.6. The van der Waals surface area contributed by atoms with Crippen molar-refractivity contribution in [1.82, 2.24) is 4.98 Å². The Morgan fingerprint density at radius 1 is 1.53 bits per heavy atom. The van der Waals surface area contributed by atoms with Gasteiger partial charge in [-0.2, -0.15) is 0 Å². The minimum absolute atomic E-state index is 0.107. The van der Waals surface area contributed by atoms with Crippen molar-refractivity contribution in [3.8, 4) is 0 Å². The van der Waals surface area contributed by atoms with Gasteiger partial charge >= 0.3 is 5.00 Å². The van der Waals surface area contributed by atoms with Crippen LogP contribution in [0.25, 0.3) is 0 Å². The Labute approximate surface area is 115 Å². The predicted octanol–water partition coefficient (Wildman–Crippen LogP) is 2.45. The largest absolute Gasteiger partial charge is 0.376 e. The second-order valence-electron chi connectivity index (χ2n) is 5.23. The van der Waals surface area contributed by atoms with Gasteiger partial charge in [0.1, 0.15) is 6.20 Å². The lowest BCUT2D eigenvalue weighted by atomic mass is 10.1. The number of hydrogen-bond donors (Lipinski definition) is 0. The Hall–Kier alpha value is -1.21. The fourth-order valence-corrected chi connectivity index (χ4v) is 3.06. The number of ether oxygens (including phenoxy) is 1. The Morgan fingerprint density at radius 3 is 3.05 bits per heavy atom. The number of anilines is 1. The maximum absolute atomic E-state index is 10.7. The predicted molar refractivity (Wildman–Crippen MR) is 72.7 cm³/mol. The van der Waals surface area contributed by atoms with Crippen LogP contribution in [0.1, 0.15) is 25.7 Å². The molecule has 1 atom stereocenters. The molecule has 1 saturated heterocycles. The number of nitro groups is 1. The molecule has 2 aliphatic rings. The molecule has 1 aromatic rings. The van der Waals surface area contributed by atoms with Gasteiger partial charge in [-0.25, -0.2) is 4.98 Å². The van der Waals surface area contributed by atoms with Gasteiger partial charge in [-0.15, -0.1) is 0 Å². The molecule has 6 nitrogen and oxygen atoms in total. The van der Waals surface area contributed by atoms with E-state index in [2.05, 4.69) is 9.88 Å². The van der Waals surface area contributed by atoms with Gasteiger partial charge < -0.3 is 9.64 Å². The minimum atomic E-state index is -0.383. The molecule has 7 heteroatoms. The van der Waals surface area contributed by atoms with Crippen LogP contribution in [0.4, 0.5) is 10.1 Å². The summed E-state index contributed by atoms with van der Waals surface area (Å²) in [6.45, 7) is 2.59. The molecule has 0 spiro atoms. The number of rotatable bonds is 5. The molecule has 0 unspecified atom stereocenters. The van der Waals surface area contributed by atoms with E-state index in [1.165, 1.54) is 19.0 Å². The topological polar surface area (TPSA) is 68.5 Å². The molecular formula is C12H17N3O3S. The van der Waals surface area contributed by atoms with Gasteiger partial charge in [0.2, 0.25) is 0 Å². The maximum Gasteiger partial charge on any atom is 0.345 e. The summed E-state index contributed by atoms with van der Waals surface area (Å²) in [7, 11) is 0. The van der Waals surface area contributed by atoms with Crippen molar-refractivity contribution in [1.29, 1.82) is 0 Å². The smallest absolute Gasteiger partial charge is 0.345 e. The third-order valence-electron chi connectivity index (χ3n) is 3.57. The minimum Gasteiger partial charge on any atom is -0.376 e. The highest BCUT2D eigenvalue weighted by Crippen LogP contribution is 2.32. The fraction of sp³-hybridized carbons (Fsp3) is 0.750. The van der Waals surface area contributed by atoms with Crippen molar-refractivity contribution in [2.45, 2.75) is 31.8 Å². The number of nitrogens with zero attached hydrogens (tertiary/aromatic N) is 3. The summed E-state index contributed by atoms with van der Waals surface area (Å²) in [5, 5.41) is 11.5. The van der Waals surface area contributed by atoms with E-state index in [0.717, 1.165) is 54.9 Å². The highest BCUT2D eigenvalue weighted by Gasteiger charge is 2.27. The first-order chi connectivity index (χ1) is 9.22. The van der Waals surface area contributed by atoms with E-state index in [4.69, 9.17) is 4.74 Å². The van der Waals surface area contributed by atoms with E-state index >= 15 is 0 Å². The molecule has 0 aromatic carbocycles. The van der Waals surface area contributed by atoms with Crippen LogP contribution in [0, 0.1) is 16.0 Å². The first kappa shape index (κ1) is 12.8. The zero-order chi connectivity index (χ0) is 13.2. The molecule has 0 amide bonds. The average molecular weight is 283 g/mol. The maximum atomic E-state index is 10.7. The van der Waals surface area contributed by atoms with E-state index in [1.807, 2.05) is 0 Å². The summed E-state index contributed by atoms with van der Waals surface area (Å²) in [5.74, 6) is 0.774. The highest BCUT2D eigenvalue weighted by molar-refractivity contribution is 7.18. The number of piperidine rings is 1. The first-order valence-electron chi connectivity index (χ1n) is 6.69. The summed E-state index contributed by atoms with van der Waals surface area (Å²) in [5.41, 5.74) is 0. The quantitative estimate of drug-likeness (QED) is 0.613. The fourth-order valence-electron chi connectivity index (χ4n) is 2.29. The van der Waals surface area contributed by atoms with Crippen LogP contribution >= 0.6 is 11.3 Å². The summed E-state index contributed by atoms with van der Waals surface area (Å²) in [6.07, 6.45) is 6.33. The van der Waals surface area contributed by atoms with Crippen molar-refractivity contribution < 1.29 is 9.66 Å². The van der Waals surface area contributed by atoms with Gasteiger partial charge in [0.15, 0.2) is 5.13 Å².